The van der Waals surface area contributed by atoms with Crippen molar-refractivity contribution >= 4 is 29.4 Å². The minimum absolute atomic E-state index is 0.172. The Labute approximate surface area is 169 Å². The van der Waals surface area contributed by atoms with Crippen LogP contribution in [0.5, 0.6) is 5.75 Å². The zero-order valence-corrected chi connectivity index (χ0v) is 15.6. The van der Waals surface area contributed by atoms with Crippen LogP contribution < -0.4 is 16.0 Å². The number of nitrogen functional groups attached to an aromatic ring is 1. The Morgan fingerprint density at radius 2 is 1.69 bits per heavy atom. The lowest BCUT2D eigenvalue weighted by Gasteiger charge is -2.13. The molecule has 0 aliphatic rings. The monoisotopic (exact) mass is 414 g/mol. The Kier molecular flexibility index (Phi) is 5.56. The van der Waals surface area contributed by atoms with E-state index in [9.17, 15) is 24.6 Å². The summed E-state index contributed by atoms with van der Waals surface area (Å²) < 4.78 is 5.70. The summed E-state index contributed by atoms with van der Waals surface area (Å²) in [5, 5.41) is 19.6. The van der Waals surface area contributed by atoms with Gasteiger partial charge in [0.15, 0.2) is 0 Å². The molecule has 8 nitrogen and oxygen atoms in total. The standard InChI is InChI=1S/C20H15ClN2O6/c21-12-6-4-10(5-7-12)9-29-13-3-1-2-11(8-13)14-15(19(25)26)17(22)23-18(24)16(14)20(27)28/h1-8H,9H2,(H,25,26)(H,27,28)(H3,22,23,24). The molecule has 0 bridgehead atoms. The van der Waals surface area contributed by atoms with Crippen LogP contribution in [0.1, 0.15) is 26.3 Å². The fraction of sp³-hybridized carbons (Fsp3) is 0.0500. The summed E-state index contributed by atoms with van der Waals surface area (Å²) in [4.78, 5) is 37.5. The van der Waals surface area contributed by atoms with E-state index in [-0.39, 0.29) is 17.7 Å². The lowest BCUT2D eigenvalue weighted by Crippen LogP contribution is -2.24. The van der Waals surface area contributed by atoms with Crippen LogP contribution in [0.4, 0.5) is 5.82 Å². The summed E-state index contributed by atoms with van der Waals surface area (Å²) in [6.45, 7) is 0.204. The third-order valence-corrected chi connectivity index (χ3v) is 4.37. The average molecular weight is 415 g/mol. The molecule has 1 heterocycles. The molecule has 0 saturated carbocycles. The van der Waals surface area contributed by atoms with Crippen molar-refractivity contribution in [2.45, 2.75) is 6.61 Å². The Hall–Kier alpha value is -3.78. The van der Waals surface area contributed by atoms with Gasteiger partial charge in [-0.3, -0.25) is 4.79 Å². The molecule has 2 aromatic carbocycles. The number of aromatic carboxylic acids is 2. The zero-order valence-electron chi connectivity index (χ0n) is 14.8. The van der Waals surface area contributed by atoms with Gasteiger partial charge < -0.3 is 25.7 Å². The number of pyridine rings is 1. The third kappa shape index (κ3) is 4.22. The van der Waals surface area contributed by atoms with Crippen molar-refractivity contribution in [2.75, 3.05) is 5.73 Å². The smallest absolute Gasteiger partial charge is 0.342 e. The molecule has 0 unspecified atom stereocenters. The van der Waals surface area contributed by atoms with Crippen LogP contribution in [-0.2, 0) is 6.61 Å². The van der Waals surface area contributed by atoms with Crippen LogP contribution in [0.3, 0.4) is 0 Å². The Bertz CT molecular complexity index is 1150. The van der Waals surface area contributed by atoms with Gasteiger partial charge in [-0.25, -0.2) is 9.59 Å². The maximum atomic E-state index is 12.1. The van der Waals surface area contributed by atoms with Crippen molar-refractivity contribution in [3.8, 4) is 16.9 Å². The first-order valence-electron chi connectivity index (χ1n) is 8.28. The van der Waals surface area contributed by atoms with E-state index in [1.54, 1.807) is 36.4 Å². The molecule has 0 atom stereocenters. The molecule has 0 aliphatic carbocycles. The zero-order chi connectivity index (χ0) is 21.1. The summed E-state index contributed by atoms with van der Waals surface area (Å²) in [6, 6.07) is 13.1. The maximum absolute atomic E-state index is 12.1. The third-order valence-electron chi connectivity index (χ3n) is 4.11. The molecule has 1 aromatic heterocycles. The van der Waals surface area contributed by atoms with E-state index in [4.69, 9.17) is 22.1 Å². The number of nitrogens with two attached hydrogens (primary N) is 1. The van der Waals surface area contributed by atoms with Crippen LogP contribution in [0.25, 0.3) is 11.1 Å². The van der Waals surface area contributed by atoms with E-state index in [2.05, 4.69) is 4.98 Å². The summed E-state index contributed by atoms with van der Waals surface area (Å²) in [5.41, 5.74) is 4.15. The number of benzene rings is 2. The highest BCUT2D eigenvalue weighted by atomic mass is 35.5. The van der Waals surface area contributed by atoms with Crippen LogP contribution in [0.15, 0.2) is 53.3 Å². The second kappa shape index (κ2) is 8.07. The number of nitrogens with one attached hydrogen (secondary N) is 1. The van der Waals surface area contributed by atoms with Gasteiger partial charge in [-0.05, 0) is 35.4 Å². The van der Waals surface area contributed by atoms with Gasteiger partial charge in [-0.15, -0.1) is 0 Å². The number of hydrogen-bond donors (Lipinski definition) is 4. The number of H-pyrrole nitrogens is 1. The predicted molar refractivity (Wildman–Crippen MR) is 107 cm³/mol. The summed E-state index contributed by atoms with van der Waals surface area (Å²) in [7, 11) is 0. The van der Waals surface area contributed by atoms with Gasteiger partial charge in [0.1, 0.15) is 29.3 Å². The molecule has 0 radical (unpaired) electrons. The predicted octanol–water partition coefficient (Wildman–Crippen LogP) is 3.25. The average Bonchev–Trinajstić information content (AvgIpc) is 2.66. The molecule has 29 heavy (non-hydrogen) atoms. The number of carboxylic acids is 2. The fourth-order valence-electron chi connectivity index (χ4n) is 2.82. The molecular formula is C20H15ClN2O6. The van der Waals surface area contributed by atoms with E-state index < -0.39 is 34.4 Å². The molecule has 9 heteroatoms. The highest BCUT2D eigenvalue weighted by Gasteiger charge is 2.26. The molecule has 3 rings (SSSR count). The molecule has 3 aromatic rings. The van der Waals surface area contributed by atoms with Crippen LogP contribution in [0.2, 0.25) is 5.02 Å². The molecule has 0 aliphatic heterocycles. The van der Waals surface area contributed by atoms with E-state index in [1.807, 2.05) is 0 Å². The number of anilines is 1. The number of carbonyl (C=O) groups is 2. The number of carboxylic acid groups (broad SMARTS) is 2. The second-order valence-electron chi connectivity index (χ2n) is 6.05. The summed E-state index contributed by atoms with van der Waals surface area (Å²) >= 11 is 5.85. The SMILES string of the molecule is Nc1[nH]c(=O)c(C(=O)O)c(-c2cccc(OCc3ccc(Cl)cc3)c2)c1C(=O)O. The second-order valence-corrected chi connectivity index (χ2v) is 6.48. The number of aromatic amines is 1. The van der Waals surface area contributed by atoms with Gasteiger partial charge in [0, 0.05) is 10.6 Å². The van der Waals surface area contributed by atoms with Crippen molar-refractivity contribution in [1.82, 2.24) is 4.98 Å². The number of ether oxygens (including phenoxy) is 1. The molecule has 0 amide bonds. The van der Waals surface area contributed by atoms with Crippen LogP contribution >= 0.6 is 11.6 Å². The first kappa shape index (κ1) is 20.0. The van der Waals surface area contributed by atoms with Crippen molar-refractivity contribution < 1.29 is 24.5 Å². The fourth-order valence-corrected chi connectivity index (χ4v) is 2.95. The highest BCUT2D eigenvalue weighted by molar-refractivity contribution is 6.30. The normalized spacial score (nSPS) is 10.5. The molecule has 148 valence electrons. The van der Waals surface area contributed by atoms with Gasteiger partial charge in [0.2, 0.25) is 0 Å². The van der Waals surface area contributed by atoms with E-state index >= 15 is 0 Å². The van der Waals surface area contributed by atoms with Crippen LogP contribution in [0, 0.1) is 0 Å². The first-order valence-corrected chi connectivity index (χ1v) is 8.65. The molecule has 0 saturated heterocycles. The Balaban J connectivity index is 2.06. The minimum atomic E-state index is -1.57. The molecular weight excluding hydrogens is 400 g/mol. The molecule has 0 fully saturated rings. The van der Waals surface area contributed by atoms with Gasteiger partial charge in [-0.2, -0.15) is 0 Å². The van der Waals surface area contributed by atoms with Crippen molar-refractivity contribution in [2.24, 2.45) is 0 Å². The van der Waals surface area contributed by atoms with Crippen molar-refractivity contribution in [3.05, 3.63) is 80.6 Å². The Morgan fingerprint density at radius 3 is 2.31 bits per heavy atom. The number of halogens is 1. The molecule has 0 spiro atoms. The first-order chi connectivity index (χ1) is 13.8. The number of aromatic nitrogens is 1. The number of rotatable bonds is 6. The van der Waals surface area contributed by atoms with Crippen LogP contribution in [-0.4, -0.2) is 27.1 Å². The van der Waals surface area contributed by atoms with Crippen molar-refractivity contribution in [3.63, 3.8) is 0 Å². The highest BCUT2D eigenvalue weighted by Crippen LogP contribution is 2.31. The Morgan fingerprint density at radius 1 is 1.03 bits per heavy atom. The van der Waals surface area contributed by atoms with Gasteiger partial charge in [0.25, 0.3) is 5.56 Å². The van der Waals surface area contributed by atoms with Gasteiger partial charge in [0.05, 0.1) is 0 Å². The lowest BCUT2D eigenvalue weighted by molar-refractivity contribution is 0.0695. The quantitative estimate of drug-likeness (QED) is 0.484. The minimum Gasteiger partial charge on any atom is -0.489 e. The van der Waals surface area contributed by atoms with E-state index in [1.165, 1.54) is 12.1 Å². The number of hydrogen-bond acceptors (Lipinski definition) is 5. The largest absolute Gasteiger partial charge is 0.489 e. The lowest BCUT2D eigenvalue weighted by atomic mass is 9.95. The van der Waals surface area contributed by atoms with E-state index in [0.717, 1.165) is 5.56 Å². The molecule has 5 N–H and O–H groups in total. The summed E-state index contributed by atoms with van der Waals surface area (Å²) in [6.07, 6.45) is 0. The van der Waals surface area contributed by atoms with Crippen molar-refractivity contribution in [1.29, 1.82) is 0 Å². The topological polar surface area (TPSA) is 143 Å². The van der Waals surface area contributed by atoms with Gasteiger partial charge in [-0.1, -0.05) is 35.9 Å². The maximum Gasteiger partial charge on any atom is 0.342 e. The van der Waals surface area contributed by atoms with Gasteiger partial charge >= 0.3 is 11.9 Å². The van der Waals surface area contributed by atoms with E-state index in [0.29, 0.717) is 10.8 Å². The summed E-state index contributed by atoms with van der Waals surface area (Å²) in [5.74, 6) is -3.13.